The number of rotatable bonds is 3. The van der Waals surface area contributed by atoms with E-state index < -0.39 is 0 Å². The monoisotopic (exact) mass is 120 g/mol. The molecule has 0 aromatic heterocycles. The summed E-state index contributed by atoms with van der Waals surface area (Å²) < 4.78 is 0. The summed E-state index contributed by atoms with van der Waals surface area (Å²) in [7, 11) is 0. The molecule has 0 aliphatic carbocycles. The van der Waals surface area contributed by atoms with E-state index in [1.54, 1.807) is 0 Å². The second kappa shape index (κ2) is 6.39. The molecule has 0 spiro atoms. The van der Waals surface area contributed by atoms with Crippen molar-refractivity contribution in [1.29, 1.82) is 5.41 Å². The molecule has 0 aromatic rings. The molecule has 0 amide bonds. The molecule has 0 saturated carbocycles. The van der Waals surface area contributed by atoms with Gasteiger partial charge >= 0.3 is 18.9 Å². The molecule has 1 nitrogen and oxygen atoms in total. The van der Waals surface area contributed by atoms with Crippen LogP contribution in [0.2, 0.25) is 0 Å². The van der Waals surface area contributed by atoms with Crippen molar-refractivity contribution in [2.24, 2.45) is 5.92 Å². The van der Waals surface area contributed by atoms with Crippen molar-refractivity contribution in [3.05, 3.63) is 6.92 Å². The molecule has 2 heteroatoms. The van der Waals surface area contributed by atoms with E-state index in [0.717, 1.165) is 18.6 Å². The molecule has 0 aromatic carbocycles. The molecule has 0 fully saturated rings. The van der Waals surface area contributed by atoms with Gasteiger partial charge in [0.25, 0.3) is 0 Å². The predicted octanol–water partition coefficient (Wildman–Crippen LogP) is 1.63. The molecule has 1 atom stereocenters. The van der Waals surface area contributed by atoms with Crippen LogP contribution in [0, 0.1) is 18.3 Å². The fourth-order valence-corrected chi connectivity index (χ4v) is 0.463. The van der Waals surface area contributed by atoms with E-state index in [-0.39, 0.29) is 18.9 Å². The quantitative estimate of drug-likeness (QED) is 0.432. The maximum absolute atomic E-state index is 7.06. The van der Waals surface area contributed by atoms with Crippen LogP contribution in [0.15, 0.2) is 0 Å². The first-order valence-corrected chi connectivity index (χ1v) is 3.00. The van der Waals surface area contributed by atoms with Crippen molar-refractivity contribution in [3.63, 3.8) is 0 Å². The minimum atomic E-state index is 0. The Morgan fingerprint density at radius 3 is 2.22 bits per heavy atom. The second-order valence-corrected chi connectivity index (χ2v) is 2.42. The molecule has 0 saturated heterocycles. The van der Waals surface area contributed by atoms with Gasteiger partial charge in [-0.25, -0.2) is 0 Å². The van der Waals surface area contributed by atoms with Gasteiger partial charge in [0.15, 0.2) is 0 Å². The Balaban J connectivity index is 0. The van der Waals surface area contributed by atoms with E-state index in [9.17, 15) is 0 Å². The molecule has 1 radical (unpaired) electrons. The molecule has 1 unspecified atom stereocenters. The third kappa shape index (κ3) is 11.7. The SMILES string of the molecule is [CH2]C(C)CCC(C)=N.[LiH]. The van der Waals surface area contributed by atoms with Gasteiger partial charge in [-0.1, -0.05) is 13.8 Å². The van der Waals surface area contributed by atoms with Crippen molar-refractivity contribution >= 4 is 24.6 Å². The Kier molecular flexibility index (Phi) is 8.51. The van der Waals surface area contributed by atoms with Crippen LogP contribution in [0.1, 0.15) is 26.7 Å². The Hall–Kier alpha value is 0.267. The summed E-state index contributed by atoms with van der Waals surface area (Å²) in [6, 6.07) is 0. The Morgan fingerprint density at radius 2 is 2.11 bits per heavy atom. The van der Waals surface area contributed by atoms with Gasteiger partial charge in [0, 0.05) is 5.71 Å². The third-order valence-electron chi connectivity index (χ3n) is 1.01. The van der Waals surface area contributed by atoms with Crippen LogP contribution in [0.25, 0.3) is 0 Å². The average Bonchev–Trinajstić information content (AvgIpc) is 1.61. The van der Waals surface area contributed by atoms with Crippen LogP contribution < -0.4 is 0 Å². The molecule has 0 heterocycles. The first kappa shape index (κ1) is 12.0. The number of nitrogens with one attached hydrogen (secondary N) is 1. The summed E-state index contributed by atoms with van der Waals surface area (Å²) in [5.74, 6) is 0.496. The summed E-state index contributed by atoms with van der Waals surface area (Å²) in [6.45, 7) is 7.72. The maximum atomic E-state index is 7.06. The molecular weight excluding hydrogens is 105 g/mol. The molecule has 0 aliphatic heterocycles. The van der Waals surface area contributed by atoms with Gasteiger partial charge in [0.1, 0.15) is 0 Å². The van der Waals surface area contributed by atoms with Gasteiger partial charge < -0.3 is 5.41 Å². The Morgan fingerprint density at radius 1 is 1.67 bits per heavy atom. The van der Waals surface area contributed by atoms with Crippen molar-refractivity contribution in [1.82, 2.24) is 0 Å². The second-order valence-electron chi connectivity index (χ2n) is 2.42. The molecule has 49 valence electrons. The number of hydrogen-bond acceptors (Lipinski definition) is 1. The number of hydrogen-bond donors (Lipinski definition) is 1. The van der Waals surface area contributed by atoms with E-state index >= 15 is 0 Å². The molecule has 9 heavy (non-hydrogen) atoms. The summed E-state index contributed by atoms with van der Waals surface area (Å²) in [4.78, 5) is 0. The topological polar surface area (TPSA) is 23.9 Å². The minimum absolute atomic E-state index is 0. The van der Waals surface area contributed by atoms with E-state index in [0.29, 0.717) is 5.92 Å². The van der Waals surface area contributed by atoms with E-state index in [1.807, 2.05) is 6.92 Å². The van der Waals surface area contributed by atoms with Crippen molar-refractivity contribution in [2.45, 2.75) is 26.7 Å². The molecule has 0 bridgehead atoms. The van der Waals surface area contributed by atoms with Gasteiger partial charge in [0.05, 0.1) is 0 Å². The molecule has 0 rings (SSSR count). The van der Waals surface area contributed by atoms with Crippen molar-refractivity contribution < 1.29 is 0 Å². The first-order chi connectivity index (χ1) is 3.63. The molecule has 0 aliphatic rings. The van der Waals surface area contributed by atoms with E-state index in [2.05, 4.69) is 13.8 Å². The molecular formula is C7H15LiN. The van der Waals surface area contributed by atoms with Crippen LogP contribution in [0.3, 0.4) is 0 Å². The summed E-state index contributed by atoms with van der Waals surface area (Å²) in [6.07, 6.45) is 1.96. The zero-order valence-corrected chi connectivity index (χ0v) is 5.70. The normalized spacial score (nSPS) is 8.89. The first-order valence-electron chi connectivity index (χ1n) is 3.00. The van der Waals surface area contributed by atoms with Gasteiger partial charge in [-0.2, -0.15) is 0 Å². The van der Waals surface area contributed by atoms with Crippen LogP contribution in [0.4, 0.5) is 0 Å². The Labute approximate surface area is 69.9 Å². The fourth-order valence-electron chi connectivity index (χ4n) is 0.463. The van der Waals surface area contributed by atoms with Crippen LogP contribution >= 0.6 is 0 Å². The van der Waals surface area contributed by atoms with Crippen molar-refractivity contribution in [3.8, 4) is 0 Å². The zero-order valence-electron chi connectivity index (χ0n) is 5.70. The fraction of sp³-hybridized carbons (Fsp3) is 0.714. The average molecular weight is 120 g/mol. The summed E-state index contributed by atoms with van der Waals surface area (Å²) in [5.41, 5.74) is 0.764. The zero-order chi connectivity index (χ0) is 6.57. The van der Waals surface area contributed by atoms with Crippen molar-refractivity contribution in [2.75, 3.05) is 0 Å². The van der Waals surface area contributed by atoms with Gasteiger partial charge in [-0.05, 0) is 25.7 Å². The van der Waals surface area contributed by atoms with Crippen LogP contribution in [0.5, 0.6) is 0 Å². The van der Waals surface area contributed by atoms with Gasteiger partial charge in [-0.15, -0.1) is 0 Å². The summed E-state index contributed by atoms with van der Waals surface area (Å²) >= 11 is 0. The van der Waals surface area contributed by atoms with Gasteiger partial charge in [0.2, 0.25) is 0 Å². The Bertz CT molecular complexity index is 79.0. The standard InChI is InChI=1S/C7H14N.Li.H/c1-6(2)4-5-7(3)8;;/h6,8H,1,4-5H2,2-3H3;;. The van der Waals surface area contributed by atoms with Crippen LogP contribution in [-0.4, -0.2) is 24.6 Å². The van der Waals surface area contributed by atoms with Gasteiger partial charge in [-0.3, -0.25) is 0 Å². The van der Waals surface area contributed by atoms with Crippen LogP contribution in [-0.2, 0) is 0 Å². The summed E-state index contributed by atoms with van der Waals surface area (Å²) in [5, 5.41) is 7.06. The predicted molar refractivity (Wildman–Crippen MR) is 44.3 cm³/mol. The molecule has 1 N–H and O–H groups in total. The third-order valence-corrected chi connectivity index (χ3v) is 1.01. The van der Waals surface area contributed by atoms with E-state index in [1.165, 1.54) is 0 Å². The van der Waals surface area contributed by atoms with E-state index in [4.69, 9.17) is 5.41 Å².